The van der Waals surface area contributed by atoms with E-state index >= 15 is 0 Å². The molecule has 0 bridgehead atoms. The van der Waals surface area contributed by atoms with Crippen LogP contribution in [0.2, 0.25) is 5.02 Å². The van der Waals surface area contributed by atoms with Gasteiger partial charge in [-0.1, -0.05) is 88.2 Å². The molecule has 0 aliphatic rings. The first-order valence-electron chi connectivity index (χ1n) is 11.5. The van der Waals surface area contributed by atoms with Crippen molar-refractivity contribution < 1.29 is 9.59 Å². The van der Waals surface area contributed by atoms with E-state index in [1.165, 1.54) is 0 Å². The van der Waals surface area contributed by atoms with Crippen molar-refractivity contribution in [3.05, 3.63) is 105 Å². The van der Waals surface area contributed by atoms with E-state index in [4.69, 9.17) is 11.6 Å². The maximum absolute atomic E-state index is 13.6. The topological polar surface area (TPSA) is 49.4 Å². The van der Waals surface area contributed by atoms with E-state index in [-0.39, 0.29) is 30.2 Å². The summed E-state index contributed by atoms with van der Waals surface area (Å²) >= 11 is 11.4. The minimum Gasteiger partial charge on any atom is -0.352 e. The highest BCUT2D eigenvalue weighted by atomic mass is 79.9. The molecule has 1 atom stereocenters. The Hall–Kier alpha value is -2.28. The minimum atomic E-state index is -0.656. The van der Waals surface area contributed by atoms with E-state index < -0.39 is 6.04 Å². The highest BCUT2D eigenvalue weighted by Gasteiger charge is 2.31. The predicted octanol–water partition coefficient (Wildman–Crippen LogP) is 6.50. The molecule has 0 spiro atoms. The van der Waals surface area contributed by atoms with Crippen LogP contribution >= 0.6 is 39.3 Å². The van der Waals surface area contributed by atoms with Gasteiger partial charge in [0.15, 0.2) is 0 Å². The lowest BCUT2D eigenvalue weighted by Crippen LogP contribution is -2.52. The third kappa shape index (κ3) is 8.71. The number of carbonyl (C=O) groups is 2. The van der Waals surface area contributed by atoms with Crippen LogP contribution in [0.25, 0.3) is 0 Å². The predicted molar refractivity (Wildman–Crippen MR) is 150 cm³/mol. The Kier molecular flexibility index (Phi) is 10.7. The second-order valence-electron chi connectivity index (χ2n) is 8.60. The fraction of sp³-hybridized carbons (Fsp3) is 0.286. The largest absolute Gasteiger partial charge is 0.352 e. The standard InChI is InChI=1S/C28H30BrClN2O2S/c1-20(2)31-28(34)26(16-21-8-4-3-5-9-21)32(17-23-10-6-7-11-25(23)30)27(33)19-35-18-22-12-14-24(29)15-13-22/h3-15,20,26H,16-19H2,1-2H3,(H,31,34). The van der Waals surface area contributed by atoms with Gasteiger partial charge in [0, 0.05) is 34.3 Å². The van der Waals surface area contributed by atoms with Gasteiger partial charge in [-0.3, -0.25) is 9.59 Å². The number of rotatable bonds is 11. The van der Waals surface area contributed by atoms with Gasteiger partial charge in [0.25, 0.3) is 0 Å². The molecule has 1 unspecified atom stereocenters. The third-order valence-corrected chi connectivity index (χ3v) is 7.29. The first-order chi connectivity index (χ1) is 16.8. The summed E-state index contributed by atoms with van der Waals surface area (Å²) in [6.07, 6.45) is 0.424. The van der Waals surface area contributed by atoms with Gasteiger partial charge in [0.1, 0.15) is 6.04 Å². The van der Waals surface area contributed by atoms with Gasteiger partial charge in [-0.25, -0.2) is 0 Å². The van der Waals surface area contributed by atoms with Gasteiger partial charge < -0.3 is 10.2 Å². The monoisotopic (exact) mass is 572 g/mol. The zero-order valence-corrected chi connectivity index (χ0v) is 23.1. The quantitative estimate of drug-likeness (QED) is 0.285. The highest BCUT2D eigenvalue weighted by molar-refractivity contribution is 9.10. The van der Waals surface area contributed by atoms with Crippen molar-refractivity contribution in [3.63, 3.8) is 0 Å². The summed E-state index contributed by atoms with van der Waals surface area (Å²) < 4.78 is 1.02. The van der Waals surface area contributed by atoms with Crippen LogP contribution in [0.4, 0.5) is 0 Å². The molecule has 7 heteroatoms. The Balaban J connectivity index is 1.85. The molecule has 184 valence electrons. The second kappa shape index (κ2) is 13.7. The molecule has 2 amide bonds. The lowest BCUT2D eigenvalue weighted by molar-refractivity contribution is -0.139. The maximum Gasteiger partial charge on any atom is 0.243 e. The Labute approximate surface area is 225 Å². The average Bonchev–Trinajstić information content (AvgIpc) is 2.83. The number of thioether (sulfide) groups is 1. The van der Waals surface area contributed by atoms with Gasteiger partial charge in [-0.15, -0.1) is 11.8 Å². The van der Waals surface area contributed by atoms with Crippen LogP contribution < -0.4 is 5.32 Å². The lowest BCUT2D eigenvalue weighted by atomic mass is 10.0. The molecule has 0 aliphatic carbocycles. The number of nitrogens with one attached hydrogen (secondary N) is 1. The van der Waals surface area contributed by atoms with Gasteiger partial charge in [0.2, 0.25) is 11.8 Å². The molecule has 3 aromatic carbocycles. The molecule has 35 heavy (non-hydrogen) atoms. The molecule has 0 fully saturated rings. The zero-order chi connectivity index (χ0) is 25.2. The Morgan fingerprint density at radius 3 is 2.26 bits per heavy atom. The molecule has 1 N–H and O–H groups in total. The van der Waals surface area contributed by atoms with E-state index in [2.05, 4.69) is 21.2 Å². The number of carbonyl (C=O) groups excluding carboxylic acids is 2. The van der Waals surface area contributed by atoms with Crippen LogP contribution in [0.15, 0.2) is 83.3 Å². The summed E-state index contributed by atoms with van der Waals surface area (Å²) in [6.45, 7) is 4.11. The van der Waals surface area contributed by atoms with Crippen LogP contribution in [-0.4, -0.2) is 34.6 Å². The van der Waals surface area contributed by atoms with Crippen molar-refractivity contribution in [2.75, 3.05) is 5.75 Å². The average molecular weight is 574 g/mol. The van der Waals surface area contributed by atoms with E-state index in [9.17, 15) is 9.59 Å². The molecular formula is C28H30BrClN2O2S. The fourth-order valence-electron chi connectivity index (χ4n) is 3.66. The smallest absolute Gasteiger partial charge is 0.243 e. The highest BCUT2D eigenvalue weighted by Crippen LogP contribution is 2.22. The first-order valence-corrected chi connectivity index (χ1v) is 13.9. The Morgan fingerprint density at radius 2 is 1.60 bits per heavy atom. The SMILES string of the molecule is CC(C)NC(=O)C(Cc1ccccc1)N(Cc1ccccc1Cl)C(=O)CSCc1ccc(Br)cc1. The van der Waals surface area contributed by atoms with Crippen LogP contribution in [0.5, 0.6) is 0 Å². The van der Waals surface area contributed by atoms with Crippen LogP contribution in [0.3, 0.4) is 0 Å². The molecule has 0 saturated carbocycles. The molecule has 0 aliphatic heterocycles. The molecule has 0 radical (unpaired) electrons. The van der Waals surface area contributed by atoms with Crippen molar-refractivity contribution in [1.82, 2.24) is 10.2 Å². The van der Waals surface area contributed by atoms with Gasteiger partial charge >= 0.3 is 0 Å². The molecule has 0 aromatic heterocycles. The number of halogens is 2. The molecule has 3 aromatic rings. The summed E-state index contributed by atoms with van der Waals surface area (Å²) in [5, 5.41) is 3.59. The van der Waals surface area contributed by atoms with Crippen molar-refractivity contribution in [2.24, 2.45) is 0 Å². The Bertz CT molecular complexity index is 1110. The molecule has 3 rings (SSSR count). The van der Waals surface area contributed by atoms with E-state index in [0.29, 0.717) is 17.2 Å². The summed E-state index contributed by atoms with van der Waals surface area (Å²) in [7, 11) is 0. The molecule has 4 nitrogen and oxygen atoms in total. The summed E-state index contributed by atoms with van der Waals surface area (Å²) in [6, 6.07) is 24.6. The maximum atomic E-state index is 13.6. The van der Waals surface area contributed by atoms with Crippen molar-refractivity contribution in [1.29, 1.82) is 0 Å². The molecule has 0 saturated heterocycles. The number of benzene rings is 3. The summed E-state index contributed by atoms with van der Waals surface area (Å²) in [5.74, 6) is 0.718. The molecule has 0 heterocycles. The summed E-state index contributed by atoms with van der Waals surface area (Å²) in [5.41, 5.74) is 2.95. The van der Waals surface area contributed by atoms with E-state index in [0.717, 1.165) is 21.2 Å². The lowest BCUT2D eigenvalue weighted by Gasteiger charge is -2.32. The van der Waals surface area contributed by atoms with Crippen LogP contribution in [0.1, 0.15) is 30.5 Å². The number of hydrogen-bond acceptors (Lipinski definition) is 3. The van der Waals surface area contributed by atoms with Crippen LogP contribution in [0, 0.1) is 0 Å². The number of nitrogens with zero attached hydrogens (tertiary/aromatic N) is 1. The van der Waals surface area contributed by atoms with Crippen molar-refractivity contribution >= 4 is 51.1 Å². The normalized spacial score (nSPS) is 11.8. The van der Waals surface area contributed by atoms with Gasteiger partial charge in [0.05, 0.1) is 5.75 Å². The van der Waals surface area contributed by atoms with Gasteiger partial charge in [-0.05, 0) is 48.7 Å². The van der Waals surface area contributed by atoms with E-state index in [1.54, 1.807) is 16.7 Å². The van der Waals surface area contributed by atoms with Crippen molar-refractivity contribution in [3.8, 4) is 0 Å². The number of amides is 2. The van der Waals surface area contributed by atoms with Gasteiger partial charge in [-0.2, -0.15) is 0 Å². The Morgan fingerprint density at radius 1 is 0.943 bits per heavy atom. The first kappa shape index (κ1) is 27.3. The third-order valence-electron chi connectivity index (χ3n) is 5.41. The van der Waals surface area contributed by atoms with Crippen LogP contribution in [-0.2, 0) is 28.3 Å². The minimum absolute atomic E-state index is 0.0372. The molecular weight excluding hydrogens is 544 g/mol. The fourth-order valence-corrected chi connectivity index (χ4v) is 5.00. The number of hydrogen-bond donors (Lipinski definition) is 1. The summed E-state index contributed by atoms with van der Waals surface area (Å²) in [4.78, 5) is 28.6. The van der Waals surface area contributed by atoms with Crippen molar-refractivity contribution in [2.45, 2.75) is 44.6 Å². The second-order valence-corrected chi connectivity index (χ2v) is 10.9. The zero-order valence-electron chi connectivity index (χ0n) is 19.9. The van der Waals surface area contributed by atoms with E-state index in [1.807, 2.05) is 92.7 Å².